The van der Waals surface area contributed by atoms with E-state index in [9.17, 15) is 9.59 Å². The molecule has 4 nitrogen and oxygen atoms in total. The largest absolute Gasteiger partial charge is 0.423 e. The SMILES string of the molecule is CCCCCCCCC(=O)Oc1ccccc1OC(=O)CC(C)(C)C. The number of rotatable bonds is 10. The van der Waals surface area contributed by atoms with E-state index in [0.29, 0.717) is 24.3 Å². The first-order valence-corrected chi connectivity index (χ1v) is 9.32. The van der Waals surface area contributed by atoms with Crippen molar-refractivity contribution in [3.8, 4) is 11.5 Å². The van der Waals surface area contributed by atoms with Gasteiger partial charge in [-0.1, -0.05) is 71.9 Å². The number of benzene rings is 1. The zero-order chi connectivity index (χ0) is 18.7. The molecule has 0 amide bonds. The van der Waals surface area contributed by atoms with E-state index in [4.69, 9.17) is 9.47 Å². The van der Waals surface area contributed by atoms with Crippen LogP contribution in [0.1, 0.15) is 79.1 Å². The van der Waals surface area contributed by atoms with Crippen LogP contribution in [0.3, 0.4) is 0 Å². The lowest BCUT2D eigenvalue weighted by molar-refractivity contribution is -0.138. The van der Waals surface area contributed by atoms with Gasteiger partial charge in [-0.25, -0.2) is 0 Å². The second-order valence-electron chi connectivity index (χ2n) is 7.65. The Labute approximate surface area is 151 Å². The highest BCUT2D eigenvalue weighted by Gasteiger charge is 2.19. The number of hydrogen-bond donors (Lipinski definition) is 0. The standard InChI is InChI=1S/C21H32O4/c1-5-6-7-8-9-10-15-19(22)24-17-13-11-12-14-18(17)25-20(23)16-21(2,3)4/h11-14H,5-10,15-16H2,1-4H3. The molecular formula is C21H32O4. The summed E-state index contributed by atoms with van der Waals surface area (Å²) in [5.74, 6) is -0.00415. The van der Waals surface area contributed by atoms with Crippen molar-refractivity contribution in [3.63, 3.8) is 0 Å². The topological polar surface area (TPSA) is 52.6 Å². The minimum absolute atomic E-state index is 0.152. The van der Waals surface area contributed by atoms with Crippen LogP contribution in [-0.2, 0) is 9.59 Å². The Morgan fingerprint density at radius 1 is 0.840 bits per heavy atom. The van der Waals surface area contributed by atoms with Crippen LogP contribution in [0.25, 0.3) is 0 Å². The first kappa shape index (κ1) is 21.2. The lowest BCUT2D eigenvalue weighted by Gasteiger charge is -2.17. The van der Waals surface area contributed by atoms with E-state index in [1.54, 1.807) is 24.3 Å². The van der Waals surface area contributed by atoms with Crippen molar-refractivity contribution < 1.29 is 19.1 Å². The Balaban J connectivity index is 2.47. The molecule has 140 valence electrons. The van der Waals surface area contributed by atoms with Gasteiger partial charge in [0.05, 0.1) is 6.42 Å². The van der Waals surface area contributed by atoms with Crippen LogP contribution in [0.2, 0.25) is 0 Å². The molecular weight excluding hydrogens is 316 g/mol. The van der Waals surface area contributed by atoms with Gasteiger partial charge in [-0.3, -0.25) is 9.59 Å². The predicted molar refractivity (Wildman–Crippen MR) is 99.8 cm³/mol. The molecule has 0 N–H and O–H groups in total. The van der Waals surface area contributed by atoms with Gasteiger partial charge in [-0.2, -0.15) is 0 Å². The first-order chi connectivity index (χ1) is 11.8. The molecule has 0 spiro atoms. The van der Waals surface area contributed by atoms with Gasteiger partial charge in [0.2, 0.25) is 0 Å². The molecule has 4 heteroatoms. The summed E-state index contributed by atoms with van der Waals surface area (Å²) in [6.07, 6.45) is 7.39. The molecule has 25 heavy (non-hydrogen) atoms. The Bertz CT molecular complexity index is 543. The maximum atomic E-state index is 12.0. The van der Waals surface area contributed by atoms with E-state index in [1.807, 2.05) is 20.8 Å². The number of carbonyl (C=O) groups is 2. The molecule has 0 aromatic heterocycles. The van der Waals surface area contributed by atoms with E-state index >= 15 is 0 Å². The Hall–Kier alpha value is -1.84. The minimum atomic E-state index is -0.327. The number of unbranched alkanes of at least 4 members (excludes halogenated alkanes) is 5. The smallest absolute Gasteiger partial charge is 0.311 e. The fraction of sp³-hybridized carbons (Fsp3) is 0.619. The molecule has 1 aromatic carbocycles. The van der Waals surface area contributed by atoms with Crippen LogP contribution in [0, 0.1) is 5.41 Å². The maximum Gasteiger partial charge on any atom is 0.311 e. The predicted octanol–water partition coefficient (Wildman–Crippen LogP) is 5.68. The summed E-state index contributed by atoms with van der Waals surface area (Å²) in [5, 5.41) is 0. The van der Waals surface area contributed by atoms with Crippen LogP contribution in [-0.4, -0.2) is 11.9 Å². The third kappa shape index (κ3) is 9.90. The number of hydrogen-bond acceptors (Lipinski definition) is 4. The molecule has 0 unspecified atom stereocenters. The molecule has 0 saturated heterocycles. The number of esters is 2. The third-order valence-corrected chi connectivity index (χ3v) is 3.71. The summed E-state index contributed by atoms with van der Waals surface area (Å²) >= 11 is 0. The molecule has 0 aliphatic rings. The van der Waals surface area contributed by atoms with Crippen molar-refractivity contribution in [1.82, 2.24) is 0 Å². The van der Waals surface area contributed by atoms with Crippen LogP contribution >= 0.6 is 0 Å². The van der Waals surface area contributed by atoms with E-state index in [-0.39, 0.29) is 17.4 Å². The van der Waals surface area contributed by atoms with Gasteiger partial charge in [0.15, 0.2) is 11.5 Å². The first-order valence-electron chi connectivity index (χ1n) is 9.32. The summed E-state index contributed by atoms with van der Waals surface area (Å²) in [6.45, 7) is 8.10. The normalized spacial score (nSPS) is 11.2. The molecule has 0 saturated carbocycles. The molecule has 0 bridgehead atoms. The van der Waals surface area contributed by atoms with Crippen LogP contribution in [0.5, 0.6) is 11.5 Å². The lowest BCUT2D eigenvalue weighted by atomic mass is 9.92. The van der Waals surface area contributed by atoms with Crippen LogP contribution in [0.15, 0.2) is 24.3 Å². The fourth-order valence-corrected chi connectivity index (χ4v) is 2.43. The Kier molecular flexibility index (Phi) is 9.25. The summed E-state index contributed by atoms with van der Waals surface area (Å²) in [6, 6.07) is 6.81. The van der Waals surface area contributed by atoms with Crippen molar-refractivity contribution in [2.75, 3.05) is 0 Å². The molecule has 0 atom stereocenters. The van der Waals surface area contributed by atoms with E-state index < -0.39 is 0 Å². The third-order valence-electron chi connectivity index (χ3n) is 3.71. The van der Waals surface area contributed by atoms with Crippen LogP contribution < -0.4 is 9.47 Å². The van der Waals surface area contributed by atoms with Gasteiger partial charge >= 0.3 is 11.9 Å². The average Bonchev–Trinajstić information content (AvgIpc) is 2.51. The molecule has 0 aliphatic carbocycles. The summed E-state index contributed by atoms with van der Waals surface area (Å²) in [5.41, 5.74) is -0.152. The molecule has 0 aliphatic heterocycles. The number of ether oxygens (including phenoxy) is 2. The van der Waals surface area contributed by atoms with E-state index in [0.717, 1.165) is 19.3 Å². The number of para-hydroxylation sites is 2. The van der Waals surface area contributed by atoms with Gasteiger partial charge < -0.3 is 9.47 Å². The zero-order valence-corrected chi connectivity index (χ0v) is 16.1. The van der Waals surface area contributed by atoms with Crippen molar-refractivity contribution in [3.05, 3.63) is 24.3 Å². The highest BCUT2D eigenvalue weighted by atomic mass is 16.6. The number of carbonyl (C=O) groups excluding carboxylic acids is 2. The lowest BCUT2D eigenvalue weighted by Crippen LogP contribution is -2.18. The van der Waals surface area contributed by atoms with Gasteiger partial charge in [0.1, 0.15) is 0 Å². The molecule has 1 rings (SSSR count). The van der Waals surface area contributed by atoms with Gasteiger partial charge in [-0.15, -0.1) is 0 Å². The zero-order valence-electron chi connectivity index (χ0n) is 16.1. The van der Waals surface area contributed by atoms with E-state index in [1.165, 1.54) is 19.3 Å². The second kappa shape index (κ2) is 10.9. The van der Waals surface area contributed by atoms with Gasteiger partial charge in [0.25, 0.3) is 0 Å². The van der Waals surface area contributed by atoms with Crippen molar-refractivity contribution >= 4 is 11.9 Å². The average molecular weight is 348 g/mol. The van der Waals surface area contributed by atoms with Crippen molar-refractivity contribution in [2.24, 2.45) is 5.41 Å². The summed E-state index contributed by atoms with van der Waals surface area (Å²) in [4.78, 5) is 24.0. The van der Waals surface area contributed by atoms with Gasteiger partial charge in [-0.05, 0) is 24.0 Å². The highest BCUT2D eigenvalue weighted by molar-refractivity contribution is 5.76. The van der Waals surface area contributed by atoms with Gasteiger partial charge in [0, 0.05) is 6.42 Å². The van der Waals surface area contributed by atoms with E-state index in [2.05, 4.69) is 6.92 Å². The molecule has 0 fully saturated rings. The van der Waals surface area contributed by atoms with Crippen molar-refractivity contribution in [1.29, 1.82) is 0 Å². The monoisotopic (exact) mass is 348 g/mol. The quantitative estimate of drug-likeness (QED) is 0.310. The Morgan fingerprint density at radius 3 is 1.92 bits per heavy atom. The maximum absolute atomic E-state index is 12.0. The van der Waals surface area contributed by atoms with Crippen LogP contribution in [0.4, 0.5) is 0 Å². The minimum Gasteiger partial charge on any atom is -0.423 e. The summed E-state index contributed by atoms with van der Waals surface area (Å²) in [7, 11) is 0. The second-order valence-corrected chi connectivity index (χ2v) is 7.65. The Morgan fingerprint density at radius 2 is 1.36 bits per heavy atom. The highest BCUT2D eigenvalue weighted by Crippen LogP contribution is 2.29. The summed E-state index contributed by atoms with van der Waals surface area (Å²) < 4.78 is 10.8. The molecule has 0 radical (unpaired) electrons. The fourth-order valence-electron chi connectivity index (χ4n) is 2.43. The molecule has 0 heterocycles. The molecule has 1 aromatic rings. The van der Waals surface area contributed by atoms with Crippen molar-refractivity contribution in [2.45, 2.75) is 79.1 Å².